The largest absolute Gasteiger partial charge is 0.368 e. The van der Waals surface area contributed by atoms with E-state index in [2.05, 4.69) is 5.32 Å². The van der Waals surface area contributed by atoms with Gasteiger partial charge in [-0.05, 0) is 17.7 Å². The van der Waals surface area contributed by atoms with E-state index in [1.54, 1.807) is 0 Å². The predicted octanol–water partition coefficient (Wildman–Crippen LogP) is 1.47. The van der Waals surface area contributed by atoms with Crippen LogP contribution in [0.4, 0.5) is 15.8 Å². The number of carbonyl (C=O) groups excluding carboxylic acids is 2. The molecule has 0 bridgehead atoms. The number of hydrogen-bond donors (Lipinski definition) is 2. The van der Waals surface area contributed by atoms with Crippen molar-refractivity contribution in [2.45, 2.75) is 12.5 Å². The molecule has 2 amide bonds. The molecule has 0 aliphatic carbocycles. The summed E-state index contributed by atoms with van der Waals surface area (Å²) in [4.78, 5) is 43.8. The van der Waals surface area contributed by atoms with Crippen molar-refractivity contribution < 1.29 is 23.8 Å². The van der Waals surface area contributed by atoms with Crippen molar-refractivity contribution >= 4 is 23.2 Å². The number of benzene rings is 2. The number of nitrogens with two attached hydrogens (primary N) is 1. The third-order valence-electron chi connectivity index (χ3n) is 3.61. The lowest BCUT2D eigenvalue weighted by Gasteiger charge is -2.15. The number of carbonyl (C=O) groups is 2. The van der Waals surface area contributed by atoms with E-state index in [9.17, 15) is 34.2 Å². The molecule has 140 valence electrons. The minimum Gasteiger partial charge on any atom is -0.368 e. The van der Waals surface area contributed by atoms with E-state index in [0.29, 0.717) is 0 Å². The Hall–Kier alpha value is -3.89. The Morgan fingerprint density at radius 3 is 2.41 bits per heavy atom. The van der Waals surface area contributed by atoms with Crippen molar-refractivity contribution in [3.63, 3.8) is 0 Å². The van der Waals surface area contributed by atoms with Crippen LogP contribution >= 0.6 is 0 Å². The highest BCUT2D eigenvalue weighted by molar-refractivity contribution is 5.97. The fraction of sp³-hybridized carbons (Fsp3) is 0.125. The maximum absolute atomic E-state index is 13.4. The minimum atomic E-state index is -1.26. The van der Waals surface area contributed by atoms with Crippen LogP contribution in [0.2, 0.25) is 0 Å². The van der Waals surface area contributed by atoms with Crippen LogP contribution in [0.25, 0.3) is 0 Å². The van der Waals surface area contributed by atoms with Crippen molar-refractivity contribution in [1.82, 2.24) is 5.32 Å². The van der Waals surface area contributed by atoms with Crippen LogP contribution in [0.3, 0.4) is 0 Å². The molecule has 0 saturated heterocycles. The summed E-state index contributed by atoms with van der Waals surface area (Å²) in [5, 5.41) is 23.9. The number of rotatable bonds is 7. The van der Waals surface area contributed by atoms with E-state index in [1.165, 1.54) is 24.3 Å². The second kappa shape index (κ2) is 7.99. The maximum atomic E-state index is 13.4. The van der Waals surface area contributed by atoms with Crippen LogP contribution in [0.5, 0.6) is 0 Å². The number of nitro benzene ring substituents is 2. The normalized spacial score (nSPS) is 11.4. The highest BCUT2D eigenvalue weighted by atomic mass is 19.1. The number of halogens is 1. The molecular formula is C16H13FN4O6. The molecular weight excluding hydrogens is 363 g/mol. The molecule has 0 heterocycles. The highest BCUT2D eigenvalue weighted by Gasteiger charge is 2.22. The van der Waals surface area contributed by atoms with Gasteiger partial charge in [0.05, 0.1) is 9.85 Å². The number of amides is 2. The van der Waals surface area contributed by atoms with Crippen LogP contribution < -0.4 is 11.1 Å². The average Bonchev–Trinajstić information content (AvgIpc) is 2.62. The summed E-state index contributed by atoms with van der Waals surface area (Å²) >= 11 is 0. The molecule has 0 fully saturated rings. The molecule has 2 aromatic rings. The number of nitrogens with zero attached hydrogens (tertiary/aromatic N) is 2. The van der Waals surface area contributed by atoms with Crippen LogP contribution in [0.1, 0.15) is 15.9 Å². The Labute approximate surface area is 151 Å². The smallest absolute Gasteiger partial charge is 0.305 e. The lowest BCUT2D eigenvalue weighted by atomic mass is 10.0. The van der Waals surface area contributed by atoms with E-state index >= 15 is 0 Å². The van der Waals surface area contributed by atoms with Gasteiger partial charge in [0.25, 0.3) is 11.6 Å². The molecule has 2 aromatic carbocycles. The molecule has 0 aliphatic rings. The topological polar surface area (TPSA) is 158 Å². The number of hydrogen-bond acceptors (Lipinski definition) is 6. The van der Waals surface area contributed by atoms with Gasteiger partial charge in [0.15, 0.2) is 0 Å². The summed E-state index contributed by atoms with van der Waals surface area (Å²) < 4.78 is 13.4. The van der Waals surface area contributed by atoms with Crippen molar-refractivity contribution in [3.05, 3.63) is 79.6 Å². The lowest BCUT2D eigenvalue weighted by Crippen LogP contribution is -2.45. The van der Waals surface area contributed by atoms with Gasteiger partial charge in [-0.2, -0.15) is 4.39 Å². The number of primary amides is 1. The second-order valence-corrected chi connectivity index (χ2v) is 5.48. The zero-order valence-corrected chi connectivity index (χ0v) is 13.6. The number of nitrogens with one attached hydrogen (secondary N) is 1. The molecule has 0 aromatic heterocycles. The van der Waals surface area contributed by atoms with Gasteiger partial charge >= 0.3 is 5.69 Å². The molecule has 0 spiro atoms. The predicted molar refractivity (Wildman–Crippen MR) is 90.3 cm³/mol. The van der Waals surface area contributed by atoms with Crippen LogP contribution in [0, 0.1) is 26.0 Å². The summed E-state index contributed by atoms with van der Waals surface area (Å²) in [6.07, 6.45) is -0.225. The van der Waals surface area contributed by atoms with Gasteiger partial charge in [0.1, 0.15) is 6.04 Å². The van der Waals surface area contributed by atoms with E-state index < -0.39 is 39.2 Å². The van der Waals surface area contributed by atoms with Gasteiger partial charge in [0.2, 0.25) is 11.7 Å². The molecule has 3 N–H and O–H groups in total. The van der Waals surface area contributed by atoms with Crippen LogP contribution in [-0.4, -0.2) is 27.7 Å². The highest BCUT2D eigenvalue weighted by Crippen LogP contribution is 2.20. The quantitative estimate of drug-likeness (QED) is 0.550. The monoisotopic (exact) mass is 376 g/mol. The average molecular weight is 376 g/mol. The van der Waals surface area contributed by atoms with Gasteiger partial charge in [-0.15, -0.1) is 0 Å². The zero-order valence-electron chi connectivity index (χ0n) is 13.6. The van der Waals surface area contributed by atoms with Crippen molar-refractivity contribution in [2.24, 2.45) is 5.73 Å². The Balaban J connectivity index is 2.21. The molecule has 0 radical (unpaired) electrons. The maximum Gasteiger partial charge on any atom is 0.305 e. The van der Waals surface area contributed by atoms with E-state index in [4.69, 9.17) is 5.73 Å². The van der Waals surface area contributed by atoms with E-state index in [0.717, 1.165) is 18.2 Å². The third kappa shape index (κ3) is 4.81. The molecule has 11 heteroatoms. The lowest BCUT2D eigenvalue weighted by molar-refractivity contribution is -0.387. The zero-order chi connectivity index (χ0) is 20.1. The second-order valence-electron chi connectivity index (χ2n) is 5.48. The minimum absolute atomic E-state index is 0.0689. The SMILES string of the molecule is NC(=O)[C@H](Cc1ccc(F)c([N+](=O)[O-])c1)NC(=O)c1cccc([N+](=O)[O-])c1. The third-order valence-corrected chi connectivity index (χ3v) is 3.61. The molecule has 10 nitrogen and oxygen atoms in total. The Morgan fingerprint density at radius 1 is 1.11 bits per heavy atom. The summed E-state index contributed by atoms with van der Waals surface area (Å²) in [5.74, 6) is -2.76. The summed E-state index contributed by atoms with van der Waals surface area (Å²) in [6.45, 7) is 0. The first-order valence-electron chi connectivity index (χ1n) is 7.46. The standard InChI is InChI=1S/C16H13FN4O6/c17-12-5-4-9(7-14(12)21(26)27)6-13(15(18)22)19-16(23)10-2-1-3-11(8-10)20(24)25/h1-5,7-8,13H,6H2,(H2,18,22)(H,19,23)/t13-/m0/s1. The number of nitro groups is 2. The first-order chi connectivity index (χ1) is 12.7. The summed E-state index contributed by atoms with van der Waals surface area (Å²) in [6, 6.07) is 6.59. The Bertz CT molecular complexity index is 933. The molecule has 0 unspecified atom stereocenters. The molecule has 2 rings (SSSR count). The fourth-order valence-corrected chi connectivity index (χ4v) is 2.29. The molecule has 0 aliphatic heterocycles. The Kier molecular flexibility index (Phi) is 5.75. The fourth-order valence-electron chi connectivity index (χ4n) is 2.29. The van der Waals surface area contributed by atoms with Crippen LogP contribution in [-0.2, 0) is 11.2 Å². The van der Waals surface area contributed by atoms with Crippen LogP contribution in [0.15, 0.2) is 42.5 Å². The van der Waals surface area contributed by atoms with Gasteiger partial charge in [-0.3, -0.25) is 29.8 Å². The van der Waals surface area contributed by atoms with E-state index in [1.807, 2.05) is 0 Å². The summed E-state index contributed by atoms with van der Waals surface area (Å²) in [7, 11) is 0. The first-order valence-corrected chi connectivity index (χ1v) is 7.46. The molecule has 0 saturated carbocycles. The van der Waals surface area contributed by atoms with Crippen molar-refractivity contribution in [3.8, 4) is 0 Å². The van der Waals surface area contributed by atoms with Gasteiger partial charge in [0, 0.05) is 30.2 Å². The molecule has 1 atom stereocenters. The van der Waals surface area contributed by atoms with Crippen molar-refractivity contribution in [2.75, 3.05) is 0 Å². The first kappa shape index (κ1) is 19.4. The summed E-state index contributed by atoms with van der Waals surface area (Å²) in [5.41, 5.74) is 4.29. The molecule has 27 heavy (non-hydrogen) atoms. The van der Waals surface area contributed by atoms with Gasteiger partial charge in [-0.1, -0.05) is 12.1 Å². The van der Waals surface area contributed by atoms with E-state index in [-0.39, 0.29) is 23.2 Å². The number of non-ortho nitro benzene ring substituents is 1. The van der Waals surface area contributed by atoms with Crippen molar-refractivity contribution in [1.29, 1.82) is 0 Å². The van der Waals surface area contributed by atoms with Gasteiger partial charge in [-0.25, -0.2) is 0 Å². The van der Waals surface area contributed by atoms with Gasteiger partial charge < -0.3 is 11.1 Å². The Morgan fingerprint density at radius 2 is 1.81 bits per heavy atom.